The zero-order valence-corrected chi connectivity index (χ0v) is 17.2. The van der Waals surface area contributed by atoms with Crippen molar-refractivity contribution in [3.05, 3.63) is 64.6 Å². The average molecular weight is 411 g/mol. The zero-order chi connectivity index (χ0) is 19.3. The van der Waals surface area contributed by atoms with Gasteiger partial charge >= 0.3 is 0 Å². The molecule has 2 heterocycles. The molecule has 1 amide bonds. The highest BCUT2D eigenvalue weighted by molar-refractivity contribution is 8.26. The van der Waals surface area contributed by atoms with Crippen LogP contribution in [0.15, 0.2) is 53.4 Å². The van der Waals surface area contributed by atoms with E-state index >= 15 is 0 Å². The minimum absolute atomic E-state index is 0.146. The van der Waals surface area contributed by atoms with Crippen LogP contribution in [0.25, 0.3) is 6.08 Å². The molecule has 2 aliphatic rings. The molecule has 6 heteroatoms. The predicted octanol–water partition coefficient (Wildman–Crippen LogP) is 4.74. The van der Waals surface area contributed by atoms with Gasteiger partial charge in [0.25, 0.3) is 5.91 Å². The fourth-order valence-electron chi connectivity index (χ4n) is 3.43. The summed E-state index contributed by atoms with van der Waals surface area (Å²) in [6.45, 7) is 2.62. The number of rotatable bonds is 5. The fraction of sp³-hybridized carbons (Fsp3) is 0.273. The second kappa shape index (κ2) is 8.80. The first-order valence-electron chi connectivity index (χ1n) is 9.49. The van der Waals surface area contributed by atoms with E-state index in [1.807, 2.05) is 42.5 Å². The van der Waals surface area contributed by atoms with Crippen LogP contribution in [-0.2, 0) is 11.4 Å². The van der Waals surface area contributed by atoms with Crippen LogP contribution in [0.1, 0.15) is 30.4 Å². The zero-order valence-electron chi connectivity index (χ0n) is 15.5. The number of anilines is 1. The number of carbonyl (C=O) groups excluding carboxylic acids is 1. The molecule has 0 radical (unpaired) electrons. The van der Waals surface area contributed by atoms with Crippen molar-refractivity contribution in [1.82, 2.24) is 5.32 Å². The number of nitrogens with one attached hydrogen (secondary N) is 1. The van der Waals surface area contributed by atoms with Crippen molar-refractivity contribution in [2.75, 3.05) is 18.0 Å². The lowest BCUT2D eigenvalue weighted by molar-refractivity contribution is -0.115. The molecular formula is C22H22N2O2S2. The maximum absolute atomic E-state index is 12.1. The number of ether oxygens (including phenoxy) is 1. The monoisotopic (exact) mass is 410 g/mol. The van der Waals surface area contributed by atoms with E-state index in [0.29, 0.717) is 15.8 Å². The average Bonchev–Trinajstić information content (AvgIpc) is 3.05. The molecule has 0 saturated carbocycles. The second-order valence-electron chi connectivity index (χ2n) is 6.90. The number of benzene rings is 2. The predicted molar refractivity (Wildman–Crippen MR) is 120 cm³/mol. The number of nitrogens with zero attached hydrogens (tertiary/aromatic N) is 1. The van der Waals surface area contributed by atoms with Gasteiger partial charge in [0.1, 0.15) is 16.7 Å². The smallest absolute Gasteiger partial charge is 0.263 e. The molecular weight excluding hydrogens is 388 g/mol. The van der Waals surface area contributed by atoms with Crippen LogP contribution < -0.4 is 15.0 Å². The van der Waals surface area contributed by atoms with Gasteiger partial charge in [-0.1, -0.05) is 54.3 Å². The van der Waals surface area contributed by atoms with E-state index in [0.717, 1.165) is 30.0 Å². The second-order valence-corrected chi connectivity index (χ2v) is 8.62. The third-order valence-corrected chi connectivity index (χ3v) is 6.04. The Labute approximate surface area is 175 Å². The van der Waals surface area contributed by atoms with Crippen molar-refractivity contribution in [3.63, 3.8) is 0 Å². The third kappa shape index (κ3) is 4.56. The highest BCUT2D eigenvalue weighted by Crippen LogP contribution is 2.33. The molecule has 2 aromatic rings. The van der Waals surface area contributed by atoms with Gasteiger partial charge in [0.15, 0.2) is 0 Å². The van der Waals surface area contributed by atoms with Crippen LogP contribution in [-0.4, -0.2) is 23.3 Å². The molecule has 4 rings (SSSR count). The number of hydrogen-bond donors (Lipinski definition) is 1. The normalized spacial score (nSPS) is 18.4. The van der Waals surface area contributed by atoms with Gasteiger partial charge in [0, 0.05) is 24.3 Å². The first-order chi connectivity index (χ1) is 13.7. The van der Waals surface area contributed by atoms with E-state index in [4.69, 9.17) is 17.0 Å². The Bertz CT molecular complexity index is 906. The first-order valence-corrected chi connectivity index (χ1v) is 10.7. The van der Waals surface area contributed by atoms with Crippen molar-refractivity contribution < 1.29 is 9.53 Å². The molecule has 28 heavy (non-hydrogen) atoms. The lowest BCUT2D eigenvalue weighted by atomic mass is 10.1. The van der Waals surface area contributed by atoms with E-state index in [1.54, 1.807) is 0 Å². The largest absolute Gasteiger partial charge is 0.488 e. The van der Waals surface area contributed by atoms with Gasteiger partial charge in [0.2, 0.25) is 0 Å². The highest BCUT2D eigenvalue weighted by Gasteiger charge is 2.23. The van der Waals surface area contributed by atoms with E-state index in [2.05, 4.69) is 22.3 Å². The van der Waals surface area contributed by atoms with Crippen LogP contribution >= 0.6 is 24.0 Å². The van der Waals surface area contributed by atoms with Gasteiger partial charge in [-0.05, 0) is 49.1 Å². The molecule has 0 aromatic heterocycles. The lowest BCUT2D eigenvalue weighted by Gasteiger charge is -2.29. The molecule has 2 aromatic carbocycles. The number of thiocarbonyl (C=S) groups is 1. The molecule has 2 saturated heterocycles. The topological polar surface area (TPSA) is 41.6 Å². The minimum atomic E-state index is -0.146. The SMILES string of the molecule is O=C1NC(=S)S/C1=C\c1cc(N2CCCCC2)ccc1OCc1ccccc1. The highest BCUT2D eigenvalue weighted by atomic mass is 32.2. The van der Waals surface area contributed by atoms with Gasteiger partial charge < -0.3 is 15.0 Å². The Hall–Kier alpha value is -2.31. The summed E-state index contributed by atoms with van der Waals surface area (Å²) in [5.74, 6) is 0.621. The summed E-state index contributed by atoms with van der Waals surface area (Å²) >= 11 is 6.41. The quantitative estimate of drug-likeness (QED) is 0.569. The van der Waals surface area contributed by atoms with E-state index < -0.39 is 0 Å². The van der Waals surface area contributed by atoms with Crippen molar-refractivity contribution in [2.24, 2.45) is 0 Å². The van der Waals surface area contributed by atoms with Gasteiger partial charge in [-0.3, -0.25) is 4.79 Å². The van der Waals surface area contributed by atoms with Crippen molar-refractivity contribution in [3.8, 4) is 5.75 Å². The molecule has 0 atom stereocenters. The Morgan fingerprint density at radius 2 is 1.89 bits per heavy atom. The maximum Gasteiger partial charge on any atom is 0.263 e. The lowest BCUT2D eigenvalue weighted by Crippen LogP contribution is -2.29. The van der Waals surface area contributed by atoms with Crippen molar-refractivity contribution in [1.29, 1.82) is 0 Å². The molecule has 0 spiro atoms. The van der Waals surface area contributed by atoms with Gasteiger partial charge in [-0.2, -0.15) is 0 Å². The fourth-order valence-corrected chi connectivity index (χ4v) is 4.46. The molecule has 0 aliphatic carbocycles. The van der Waals surface area contributed by atoms with Gasteiger partial charge in [0.05, 0.1) is 4.91 Å². The van der Waals surface area contributed by atoms with Crippen LogP contribution in [0, 0.1) is 0 Å². The first kappa shape index (κ1) is 19.0. The number of hydrogen-bond acceptors (Lipinski definition) is 5. The summed E-state index contributed by atoms with van der Waals surface area (Å²) in [5.41, 5.74) is 3.18. The molecule has 4 nitrogen and oxygen atoms in total. The van der Waals surface area contributed by atoms with Crippen molar-refractivity contribution in [2.45, 2.75) is 25.9 Å². The molecule has 0 bridgehead atoms. The Kier molecular flexibility index (Phi) is 5.98. The molecule has 144 valence electrons. The standard InChI is InChI=1S/C22H22N2O2S2/c25-21-20(28-22(27)23-21)14-17-13-18(24-11-5-2-6-12-24)9-10-19(17)26-15-16-7-3-1-4-8-16/h1,3-4,7-10,13-14H,2,5-6,11-12,15H2,(H,23,25,27)/b20-14-. The van der Waals surface area contributed by atoms with E-state index in [1.165, 1.54) is 36.7 Å². The number of carbonyl (C=O) groups is 1. The maximum atomic E-state index is 12.1. The van der Waals surface area contributed by atoms with Gasteiger partial charge in [-0.15, -0.1) is 0 Å². The Morgan fingerprint density at radius 1 is 1.11 bits per heavy atom. The summed E-state index contributed by atoms with van der Waals surface area (Å²) in [7, 11) is 0. The number of amides is 1. The summed E-state index contributed by atoms with van der Waals surface area (Å²) in [6.07, 6.45) is 5.61. The summed E-state index contributed by atoms with van der Waals surface area (Å²) in [6, 6.07) is 16.3. The molecule has 0 unspecified atom stereocenters. The molecule has 2 aliphatic heterocycles. The van der Waals surface area contributed by atoms with Crippen molar-refractivity contribution >= 4 is 46.0 Å². The number of piperidine rings is 1. The number of thioether (sulfide) groups is 1. The van der Waals surface area contributed by atoms with Crippen LogP contribution in [0.5, 0.6) is 5.75 Å². The summed E-state index contributed by atoms with van der Waals surface area (Å²) in [4.78, 5) is 15.1. The third-order valence-electron chi connectivity index (χ3n) is 4.88. The minimum Gasteiger partial charge on any atom is -0.488 e. The van der Waals surface area contributed by atoms with E-state index in [9.17, 15) is 4.79 Å². The van der Waals surface area contributed by atoms with E-state index in [-0.39, 0.29) is 5.91 Å². The Balaban J connectivity index is 1.63. The summed E-state index contributed by atoms with van der Waals surface area (Å²) < 4.78 is 6.60. The summed E-state index contributed by atoms with van der Waals surface area (Å²) in [5, 5.41) is 2.68. The van der Waals surface area contributed by atoms with Gasteiger partial charge in [-0.25, -0.2) is 0 Å². The Morgan fingerprint density at radius 3 is 2.61 bits per heavy atom. The van der Waals surface area contributed by atoms with Crippen LogP contribution in [0.3, 0.4) is 0 Å². The van der Waals surface area contributed by atoms with Crippen LogP contribution in [0.2, 0.25) is 0 Å². The molecule has 2 fully saturated rings. The van der Waals surface area contributed by atoms with Crippen LogP contribution in [0.4, 0.5) is 5.69 Å². The molecule has 1 N–H and O–H groups in total.